The fourth-order valence-corrected chi connectivity index (χ4v) is 6.82. The number of nitrogens with two attached hydrogens (primary N) is 1. The Kier molecular flexibility index (Phi) is 6.54. The molecule has 25 heavy (non-hydrogen) atoms. The monoisotopic (exact) mass is 407 g/mol. The zero-order chi connectivity index (χ0) is 17.5. The second-order valence-electron chi connectivity index (χ2n) is 6.82. The molecule has 2 saturated heterocycles. The maximum absolute atomic E-state index is 13.0. The van der Waals surface area contributed by atoms with Crippen LogP contribution in [0.4, 0.5) is 0 Å². The maximum Gasteiger partial charge on any atom is 0.253 e. The molecule has 6 nitrogen and oxygen atoms in total. The predicted octanol–water partition coefficient (Wildman–Crippen LogP) is 1.83. The lowest BCUT2D eigenvalue weighted by atomic mass is 10.1. The van der Waals surface area contributed by atoms with Gasteiger partial charge in [0.1, 0.15) is 10.3 Å². The summed E-state index contributed by atoms with van der Waals surface area (Å²) in [5.41, 5.74) is 5.74. The van der Waals surface area contributed by atoms with Gasteiger partial charge in [0.05, 0.1) is 0 Å². The number of nitrogens with zero attached hydrogens (tertiary/aromatic N) is 2. The van der Waals surface area contributed by atoms with E-state index in [1.807, 2.05) is 18.7 Å². The van der Waals surface area contributed by atoms with E-state index in [2.05, 4.69) is 0 Å². The first kappa shape index (κ1) is 20.6. The molecule has 2 N–H and O–H groups in total. The molecule has 0 aromatic carbocycles. The third kappa shape index (κ3) is 3.88. The summed E-state index contributed by atoms with van der Waals surface area (Å²) in [6, 6.07) is 2.99. The molecular formula is C16H26ClN3O3S2. The third-order valence-corrected chi connectivity index (χ3v) is 8.42. The molecule has 2 aliphatic heterocycles. The molecule has 1 aromatic heterocycles. The van der Waals surface area contributed by atoms with Crippen molar-refractivity contribution in [3.63, 3.8) is 0 Å². The summed E-state index contributed by atoms with van der Waals surface area (Å²) in [5.74, 6) is 0.253. The average Bonchev–Trinajstić information content (AvgIpc) is 3.25. The van der Waals surface area contributed by atoms with E-state index in [4.69, 9.17) is 5.73 Å². The van der Waals surface area contributed by atoms with Crippen molar-refractivity contribution in [2.24, 2.45) is 11.7 Å². The van der Waals surface area contributed by atoms with Gasteiger partial charge in [0.2, 0.25) is 5.91 Å². The Bertz CT molecular complexity index is 722. The van der Waals surface area contributed by atoms with E-state index in [1.54, 1.807) is 12.1 Å². The van der Waals surface area contributed by atoms with Crippen LogP contribution in [0.15, 0.2) is 16.3 Å². The first-order chi connectivity index (χ1) is 11.3. The Labute approximate surface area is 159 Å². The van der Waals surface area contributed by atoms with Crippen LogP contribution in [-0.2, 0) is 14.8 Å². The largest absolute Gasteiger partial charge is 0.338 e. The molecule has 0 saturated carbocycles. The molecule has 2 fully saturated rings. The highest BCUT2D eigenvalue weighted by atomic mass is 35.5. The van der Waals surface area contributed by atoms with Gasteiger partial charge in [0, 0.05) is 24.0 Å². The normalized spacial score (nSPS) is 27.5. The van der Waals surface area contributed by atoms with Crippen molar-refractivity contribution in [1.82, 2.24) is 9.21 Å². The number of halogens is 1. The lowest BCUT2D eigenvalue weighted by Crippen LogP contribution is -2.48. The number of sulfonamides is 1. The van der Waals surface area contributed by atoms with E-state index in [0.29, 0.717) is 36.2 Å². The summed E-state index contributed by atoms with van der Waals surface area (Å²) in [7, 11) is -3.60. The first-order valence-corrected chi connectivity index (χ1v) is 10.7. The molecule has 3 atom stereocenters. The van der Waals surface area contributed by atoms with Gasteiger partial charge in [-0.1, -0.05) is 0 Å². The van der Waals surface area contributed by atoms with E-state index in [-0.39, 0.29) is 24.4 Å². The number of carbonyl (C=O) groups is 1. The van der Waals surface area contributed by atoms with Crippen LogP contribution in [0.1, 0.15) is 31.1 Å². The minimum atomic E-state index is -3.60. The minimum Gasteiger partial charge on any atom is -0.338 e. The zero-order valence-corrected chi connectivity index (χ0v) is 17.0. The van der Waals surface area contributed by atoms with Crippen LogP contribution >= 0.6 is 23.7 Å². The van der Waals surface area contributed by atoms with E-state index in [1.165, 1.54) is 15.6 Å². The van der Waals surface area contributed by atoms with Crippen LogP contribution in [0.5, 0.6) is 0 Å². The number of rotatable bonds is 4. The van der Waals surface area contributed by atoms with Gasteiger partial charge >= 0.3 is 0 Å². The van der Waals surface area contributed by atoms with Crippen molar-refractivity contribution in [3.05, 3.63) is 17.0 Å². The van der Waals surface area contributed by atoms with Gasteiger partial charge in [0.25, 0.3) is 10.0 Å². The van der Waals surface area contributed by atoms with Crippen molar-refractivity contribution < 1.29 is 13.2 Å². The standard InChI is InChI=1S/C16H25N3O3S2.ClH/c1-11-8-13(9-17)10-18(11)16(20)14-4-3-7-19(14)24(21,22)15-6-5-12(2)23-15;/h5-6,11,13-14H,3-4,7-10,17H2,1-2H3;1H. The van der Waals surface area contributed by atoms with Gasteiger partial charge in [-0.2, -0.15) is 4.31 Å². The number of thiophene rings is 1. The lowest BCUT2D eigenvalue weighted by Gasteiger charge is -2.29. The molecule has 3 rings (SSSR count). The Morgan fingerprint density at radius 2 is 2.12 bits per heavy atom. The van der Waals surface area contributed by atoms with Gasteiger partial charge in [0.15, 0.2) is 0 Å². The van der Waals surface area contributed by atoms with Crippen LogP contribution < -0.4 is 5.73 Å². The maximum atomic E-state index is 13.0. The number of aryl methyl sites for hydroxylation is 1. The fourth-order valence-electron chi connectivity index (χ4n) is 3.75. The van der Waals surface area contributed by atoms with Crippen LogP contribution in [0.25, 0.3) is 0 Å². The molecule has 3 heterocycles. The van der Waals surface area contributed by atoms with Gasteiger partial charge in [-0.25, -0.2) is 8.42 Å². The second-order valence-corrected chi connectivity index (χ2v) is 10.2. The van der Waals surface area contributed by atoms with Crippen LogP contribution in [0.2, 0.25) is 0 Å². The van der Waals surface area contributed by atoms with Crippen molar-refractivity contribution in [3.8, 4) is 0 Å². The third-order valence-electron chi connectivity index (χ3n) is 5.05. The summed E-state index contributed by atoms with van der Waals surface area (Å²) in [5, 5.41) is 0. The number of amides is 1. The molecule has 1 aromatic rings. The van der Waals surface area contributed by atoms with Crippen molar-refractivity contribution in [1.29, 1.82) is 0 Å². The fraction of sp³-hybridized carbons (Fsp3) is 0.688. The Balaban J connectivity index is 0.00000225. The Morgan fingerprint density at radius 1 is 1.40 bits per heavy atom. The predicted molar refractivity (Wildman–Crippen MR) is 102 cm³/mol. The van der Waals surface area contributed by atoms with Gasteiger partial charge in [-0.3, -0.25) is 4.79 Å². The van der Waals surface area contributed by atoms with Gasteiger partial charge in [-0.15, -0.1) is 23.7 Å². The lowest BCUT2D eigenvalue weighted by molar-refractivity contribution is -0.135. The van der Waals surface area contributed by atoms with Crippen molar-refractivity contribution >= 4 is 39.7 Å². The quantitative estimate of drug-likeness (QED) is 0.825. The summed E-state index contributed by atoms with van der Waals surface area (Å²) < 4.78 is 27.6. The van der Waals surface area contributed by atoms with E-state index in [9.17, 15) is 13.2 Å². The molecule has 142 valence electrons. The average molecular weight is 408 g/mol. The van der Waals surface area contributed by atoms with Gasteiger partial charge < -0.3 is 10.6 Å². The Hall–Kier alpha value is -0.670. The second kappa shape index (κ2) is 7.92. The number of likely N-dealkylation sites (tertiary alicyclic amines) is 1. The number of hydrogen-bond donors (Lipinski definition) is 1. The minimum absolute atomic E-state index is 0. The zero-order valence-electron chi connectivity index (χ0n) is 14.6. The smallest absolute Gasteiger partial charge is 0.253 e. The van der Waals surface area contributed by atoms with Crippen molar-refractivity contribution in [2.45, 2.75) is 49.4 Å². The summed E-state index contributed by atoms with van der Waals surface area (Å²) in [6.07, 6.45) is 2.22. The topological polar surface area (TPSA) is 83.7 Å². The number of carbonyl (C=O) groups excluding carboxylic acids is 1. The molecule has 0 radical (unpaired) electrons. The molecule has 3 unspecified atom stereocenters. The molecule has 2 aliphatic rings. The molecule has 0 aliphatic carbocycles. The molecule has 0 spiro atoms. The van der Waals surface area contributed by atoms with Gasteiger partial charge in [-0.05, 0) is 57.7 Å². The SMILES string of the molecule is Cc1ccc(S(=O)(=O)N2CCCC2C(=O)N2CC(CN)CC2C)s1.Cl. The molecule has 1 amide bonds. The van der Waals surface area contributed by atoms with Crippen LogP contribution in [0.3, 0.4) is 0 Å². The highest BCUT2D eigenvalue weighted by Crippen LogP contribution is 2.32. The van der Waals surface area contributed by atoms with E-state index < -0.39 is 16.1 Å². The van der Waals surface area contributed by atoms with Crippen LogP contribution in [-0.4, -0.2) is 55.2 Å². The molecule has 9 heteroatoms. The number of hydrogen-bond acceptors (Lipinski definition) is 5. The van der Waals surface area contributed by atoms with E-state index in [0.717, 1.165) is 17.7 Å². The van der Waals surface area contributed by atoms with E-state index >= 15 is 0 Å². The highest BCUT2D eigenvalue weighted by molar-refractivity contribution is 7.91. The Morgan fingerprint density at radius 3 is 2.68 bits per heavy atom. The summed E-state index contributed by atoms with van der Waals surface area (Å²) in [4.78, 5) is 15.8. The highest BCUT2D eigenvalue weighted by Gasteiger charge is 2.44. The first-order valence-electron chi connectivity index (χ1n) is 8.43. The van der Waals surface area contributed by atoms with Crippen molar-refractivity contribution in [2.75, 3.05) is 19.6 Å². The molecule has 0 bridgehead atoms. The van der Waals surface area contributed by atoms with Crippen LogP contribution in [0, 0.1) is 12.8 Å². The summed E-state index contributed by atoms with van der Waals surface area (Å²) in [6.45, 7) is 5.52. The molecular weight excluding hydrogens is 382 g/mol. The summed E-state index contributed by atoms with van der Waals surface area (Å²) >= 11 is 1.26.